The van der Waals surface area contributed by atoms with Gasteiger partial charge < -0.3 is 14.8 Å². The third-order valence-corrected chi connectivity index (χ3v) is 1.78. The molecular weight excluding hydrogens is 166 g/mol. The van der Waals surface area contributed by atoms with Gasteiger partial charge in [-0.25, -0.2) is 0 Å². The van der Waals surface area contributed by atoms with Crippen LogP contribution in [0.2, 0.25) is 0 Å². The maximum atomic E-state index is 5.46. The van der Waals surface area contributed by atoms with Crippen LogP contribution >= 0.6 is 0 Å². The average Bonchev–Trinajstić information content (AvgIpc) is 2.14. The largest absolute Gasteiger partial charge is 0.351 e. The van der Waals surface area contributed by atoms with Gasteiger partial charge in [-0.15, -0.1) is 6.58 Å². The number of ether oxygens (including phenoxy) is 2. The standard InChI is InChI=1S/C10H21NO2/c1-5-8-9(11-4)10(12-6-2)13-7-3/h5,9-11H,1,6-8H2,2-4H3. The lowest BCUT2D eigenvalue weighted by atomic mass is 10.2. The maximum absolute atomic E-state index is 5.46. The molecule has 78 valence electrons. The molecule has 0 spiro atoms. The molecule has 0 aliphatic carbocycles. The fourth-order valence-electron chi connectivity index (χ4n) is 1.15. The monoisotopic (exact) mass is 187 g/mol. The molecule has 0 fully saturated rings. The first-order chi connectivity index (χ1) is 6.29. The molecule has 0 heterocycles. The van der Waals surface area contributed by atoms with Crippen LogP contribution in [-0.4, -0.2) is 32.6 Å². The molecule has 0 aliphatic heterocycles. The zero-order valence-corrected chi connectivity index (χ0v) is 8.88. The number of hydrogen-bond donors (Lipinski definition) is 1. The molecule has 0 aromatic heterocycles. The summed E-state index contributed by atoms with van der Waals surface area (Å²) in [7, 11) is 1.90. The predicted molar refractivity (Wildman–Crippen MR) is 54.7 cm³/mol. The second-order valence-electron chi connectivity index (χ2n) is 2.70. The van der Waals surface area contributed by atoms with Gasteiger partial charge in [0.1, 0.15) is 0 Å². The molecule has 0 aromatic rings. The van der Waals surface area contributed by atoms with Crippen molar-refractivity contribution in [1.82, 2.24) is 5.32 Å². The van der Waals surface area contributed by atoms with Gasteiger partial charge in [-0.3, -0.25) is 0 Å². The van der Waals surface area contributed by atoms with E-state index in [1.807, 2.05) is 27.0 Å². The van der Waals surface area contributed by atoms with E-state index in [4.69, 9.17) is 9.47 Å². The second-order valence-corrected chi connectivity index (χ2v) is 2.70. The molecule has 0 aliphatic rings. The van der Waals surface area contributed by atoms with Crippen molar-refractivity contribution in [3.05, 3.63) is 12.7 Å². The fourth-order valence-corrected chi connectivity index (χ4v) is 1.15. The molecule has 0 radical (unpaired) electrons. The van der Waals surface area contributed by atoms with Crippen molar-refractivity contribution in [2.45, 2.75) is 32.6 Å². The Morgan fingerprint density at radius 1 is 1.31 bits per heavy atom. The highest BCUT2D eigenvalue weighted by Crippen LogP contribution is 2.06. The van der Waals surface area contributed by atoms with Crippen molar-refractivity contribution in [2.24, 2.45) is 0 Å². The van der Waals surface area contributed by atoms with Crippen LogP contribution in [0.5, 0.6) is 0 Å². The summed E-state index contributed by atoms with van der Waals surface area (Å²) in [6, 6.07) is 0.192. The molecule has 0 saturated carbocycles. The molecule has 0 saturated heterocycles. The summed E-state index contributed by atoms with van der Waals surface area (Å²) >= 11 is 0. The van der Waals surface area contributed by atoms with E-state index < -0.39 is 0 Å². The van der Waals surface area contributed by atoms with E-state index in [-0.39, 0.29) is 12.3 Å². The Morgan fingerprint density at radius 3 is 2.15 bits per heavy atom. The zero-order chi connectivity index (χ0) is 10.1. The average molecular weight is 187 g/mol. The SMILES string of the molecule is C=CCC(NC)C(OCC)OCC. The Hall–Kier alpha value is -0.380. The summed E-state index contributed by atoms with van der Waals surface area (Å²) in [5.74, 6) is 0. The van der Waals surface area contributed by atoms with Crippen LogP contribution in [0.1, 0.15) is 20.3 Å². The van der Waals surface area contributed by atoms with Crippen LogP contribution < -0.4 is 5.32 Å². The van der Waals surface area contributed by atoms with E-state index in [0.29, 0.717) is 13.2 Å². The minimum absolute atomic E-state index is 0.169. The van der Waals surface area contributed by atoms with E-state index in [2.05, 4.69) is 11.9 Å². The first kappa shape index (κ1) is 12.6. The molecular formula is C10H21NO2. The van der Waals surface area contributed by atoms with Crippen LogP contribution in [0, 0.1) is 0 Å². The maximum Gasteiger partial charge on any atom is 0.172 e. The molecule has 13 heavy (non-hydrogen) atoms. The van der Waals surface area contributed by atoms with Gasteiger partial charge in [0.2, 0.25) is 0 Å². The summed E-state index contributed by atoms with van der Waals surface area (Å²) in [4.78, 5) is 0. The molecule has 0 amide bonds. The third-order valence-electron chi connectivity index (χ3n) is 1.78. The Balaban J connectivity index is 4.02. The van der Waals surface area contributed by atoms with E-state index >= 15 is 0 Å². The third kappa shape index (κ3) is 5.03. The van der Waals surface area contributed by atoms with E-state index in [1.54, 1.807) is 0 Å². The van der Waals surface area contributed by atoms with Crippen LogP contribution in [0.15, 0.2) is 12.7 Å². The molecule has 3 heteroatoms. The van der Waals surface area contributed by atoms with E-state index in [9.17, 15) is 0 Å². The number of hydrogen-bond acceptors (Lipinski definition) is 3. The first-order valence-electron chi connectivity index (χ1n) is 4.81. The van der Waals surface area contributed by atoms with Crippen molar-refractivity contribution < 1.29 is 9.47 Å². The van der Waals surface area contributed by atoms with Gasteiger partial charge in [-0.1, -0.05) is 6.08 Å². The smallest absolute Gasteiger partial charge is 0.172 e. The molecule has 0 bridgehead atoms. The number of rotatable bonds is 8. The van der Waals surface area contributed by atoms with Crippen LogP contribution in [0.25, 0.3) is 0 Å². The van der Waals surface area contributed by atoms with Gasteiger partial charge in [0.15, 0.2) is 6.29 Å². The first-order valence-corrected chi connectivity index (χ1v) is 4.81. The van der Waals surface area contributed by atoms with Crippen molar-refractivity contribution in [3.63, 3.8) is 0 Å². The highest BCUT2D eigenvalue weighted by atomic mass is 16.7. The zero-order valence-electron chi connectivity index (χ0n) is 8.88. The topological polar surface area (TPSA) is 30.5 Å². The van der Waals surface area contributed by atoms with Gasteiger partial charge in [-0.2, -0.15) is 0 Å². The lowest BCUT2D eigenvalue weighted by molar-refractivity contribution is -0.152. The van der Waals surface area contributed by atoms with E-state index in [0.717, 1.165) is 6.42 Å². The lowest BCUT2D eigenvalue weighted by Gasteiger charge is -2.25. The second kappa shape index (κ2) is 8.23. The minimum atomic E-state index is -0.169. The molecule has 0 rings (SSSR count). The summed E-state index contributed by atoms with van der Waals surface area (Å²) < 4.78 is 10.9. The predicted octanol–water partition coefficient (Wildman–Crippen LogP) is 1.55. The summed E-state index contributed by atoms with van der Waals surface area (Å²) in [5.41, 5.74) is 0. The van der Waals surface area contributed by atoms with Crippen LogP contribution in [-0.2, 0) is 9.47 Å². The highest BCUT2D eigenvalue weighted by molar-refractivity contribution is 4.79. The molecule has 1 unspecified atom stereocenters. The number of nitrogens with one attached hydrogen (secondary N) is 1. The van der Waals surface area contributed by atoms with Crippen molar-refractivity contribution in [3.8, 4) is 0 Å². The van der Waals surface area contributed by atoms with Gasteiger partial charge in [0.25, 0.3) is 0 Å². The Bertz CT molecular complexity index is 122. The summed E-state index contributed by atoms with van der Waals surface area (Å²) in [6.45, 7) is 8.96. The van der Waals surface area contributed by atoms with Crippen LogP contribution in [0.3, 0.4) is 0 Å². The van der Waals surface area contributed by atoms with Gasteiger partial charge in [-0.05, 0) is 27.3 Å². The molecule has 0 aromatic carbocycles. The number of likely N-dealkylation sites (N-methyl/N-ethyl adjacent to an activating group) is 1. The Morgan fingerprint density at radius 2 is 1.85 bits per heavy atom. The Labute approximate surface area is 81.1 Å². The van der Waals surface area contributed by atoms with Crippen LogP contribution in [0.4, 0.5) is 0 Å². The van der Waals surface area contributed by atoms with Gasteiger partial charge in [0.05, 0.1) is 6.04 Å². The minimum Gasteiger partial charge on any atom is -0.351 e. The molecule has 1 N–H and O–H groups in total. The Kier molecular flexibility index (Phi) is 7.99. The van der Waals surface area contributed by atoms with E-state index in [1.165, 1.54) is 0 Å². The lowest BCUT2D eigenvalue weighted by Crippen LogP contribution is -2.40. The quantitative estimate of drug-likeness (QED) is 0.462. The summed E-state index contributed by atoms with van der Waals surface area (Å²) in [5, 5.41) is 3.15. The van der Waals surface area contributed by atoms with Crippen molar-refractivity contribution >= 4 is 0 Å². The van der Waals surface area contributed by atoms with Gasteiger partial charge in [0, 0.05) is 13.2 Å². The highest BCUT2D eigenvalue weighted by Gasteiger charge is 2.18. The van der Waals surface area contributed by atoms with Gasteiger partial charge >= 0.3 is 0 Å². The fraction of sp³-hybridized carbons (Fsp3) is 0.800. The molecule has 3 nitrogen and oxygen atoms in total. The van der Waals surface area contributed by atoms with Crippen molar-refractivity contribution in [2.75, 3.05) is 20.3 Å². The van der Waals surface area contributed by atoms with Crippen molar-refractivity contribution in [1.29, 1.82) is 0 Å². The summed E-state index contributed by atoms with van der Waals surface area (Å²) in [6.07, 6.45) is 2.55. The molecule has 1 atom stereocenters. The normalized spacial score (nSPS) is 13.2.